The molecule has 2 N–H and O–H groups in total. The van der Waals surface area contributed by atoms with Crippen LogP contribution in [0.5, 0.6) is 5.75 Å². The van der Waals surface area contributed by atoms with Crippen LogP contribution in [0.1, 0.15) is 11.6 Å². The zero-order chi connectivity index (χ0) is 12.3. The Morgan fingerprint density at radius 2 is 2.06 bits per heavy atom. The SMILES string of the molecule is O=C(O)C(Cc1ccc(O)cc1)n1cnnn1. The van der Waals surface area contributed by atoms with Gasteiger partial charge in [-0.3, -0.25) is 0 Å². The number of hydrogen-bond donors (Lipinski definition) is 2. The highest BCUT2D eigenvalue weighted by atomic mass is 16.4. The Bertz CT molecular complexity index is 495. The van der Waals surface area contributed by atoms with E-state index in [2.05, 4.69) is 15.5 Å². The van der Waals surface area contributed by atoms with E-state index in [9.17, 15) is 4.79 Å². The van der Waals surface area contributed by atoms with Crippen molar-refractivity contribution in [1.29, 1.82) is 0 Å². The van der Waals surface area contributed by atoms with Gasteiger partial charge < -0.3 is 10.2 Å². The summed E-state index contributed by atoms with van der Waals surface area (Å²) in [5, 5.41) is 28.6. The Kier molecular flexibility index (Phi) is 2.99. The minimum absolute atomic E-state index is 0.142. The fraction of sp³-hybridized carbons (Fsp3) is 0.200. The van der Waals surface area contributed by atoms with Gasteiger partial charge in [-0.25, -0.2) is 9.48 Å². The summed E-state index contributed by atoms with van der Waals surface area (Å²) in [6, 6.07) is 5.49. The molecule has 0 aliphatic carbocycles. The zero-order valence-electron chi connectivity index (χ0n) is 8.76. The van der Waals surface area contributed by atoms with Crippen LogP contribution in [0.2, 0.25) is 0 Å². The van der Waals surface area contributed by atoms with Crippen molar-refractivity contribution in [3.8, 4) is 5.75 Å². The van der Waals surface area contributed by atoms with Crippen molar-refractivity contribution in [1.82, 2.24) is 20.2 Å². The topological polar surface area (TPSA) is 101 Å². The van der Waals surface area contributed by atoms with E-state index in [0.29, 0.717) is 0 Å². The molecule has 7 nitrogen and oxygen atoms in total. The largest absolute Gasteiger partial charge is 0.508 e. The van der Waals surface area contributed by atoms with Gasteiger partial charge in [0.2, 0.25) is 0 Å². The maximum atomic E-state index is 11.1. The number of carboxylic acid groups (broad SMARTS) is 1. The Balaban J connectivity index is 2.19. The normalized spacial score (nSPS) is 12.2. The molecular formula is C10H10N4O3. The summed E-state index contributed by atoms with van der Waals surface area (Å²) in [7, 11) is 0. The van der Waals surface area contributed by atoms with Gasteiger partial charge in [-0.2, -0.15) is 0 Å². The Labute approximate surface area is 96.3 Å². The summed E-state index contributed by atoms with van der Waals surface area (Å²) in [6.45, 7) is 0. The molecule has 2 aromatic rings. The van der Waals surface area contributed by atoms with Gasteiger partial charge in [0.1, 0.15) is 12.1 Å². The van der Waals surface area contributed by atoms with E-state index in [1.807, 2.05) is 0 Å². The molecule has 0 spiro atoms. The Morgan fingerprint density at radius 1 is 1.35 bits per heavy atom. The van der Waals surface area contributed by atoms with Crippen molar-refractivity contribution in [2.75, 3.05) is 0 Å². The number of phenolic OH excluding ortho intramolecular Hbond substituents is 1. The second-order valence-corrected chi connectivity index (χ2v) is 3.51. The third kappa shape index (κ3) is 2.57. The molecule has 1 heterocycles. The second-order valence-electron chi connectivity index (χ2n) is 3.51. The molecule has 0 radical (unpaired) electrons. The monoisotopic (exact) mass is 234 g/mol. The molecule has 0 bridgehead atoms. The summed E-state index contributed by atoms with van der Waals surface area (Å²) in [6.07, 6.45) is 1.51. The third-order valence-electron chi connectivity index (χ3n) is 2.33. The summed E-state index contributed by atoms with van der Waals surface area (Å²) >= 11 is 0. The number of tetrazole rings is 1. The number of aromatic hydroxyl groups is 1. The molecule has 7 heteroatoms. The number of benzene rings is 1. The van der Waals surface area contributed by atoms with Crippen LogP contribution >= 0.6 is 0 Å². The molecule has 0 saturated heterocycles. The van der Waals surface area contributed by atoms with E-state index in [4.69, 9.17) is 10.2 Å². The number of phenols is 1. The molecule has 88 valence electrons. The van der Waals surface area contributed by atoms with Crippen molar-refractivity contribution >= 4 is 5.97 Å². The van der Waals surface area contributed by atoms with Crippen LogP contribution < -0.4 is 0 Å². The average Bonchev–Trinajstić information content (AvgIpc) is 2.81. The summed E-state index contributed by atoms with van der Waals surface area (Å²) < 4.78 is 1.19. The smallest absolute Gasteiger partial charge is 0.328 e. The van der Waals surface area contributed by atoms with Gasteiger partial charge in [0.25, 0.3) is 0 Å². The van der Waals surface area contributed by atoms with Crippen LogP contribution in [0.25, 0.3) is 0 Å². The standard InChI is InChI=1S/C10H10N4O3/c15-8-3-1-7(2-4-8)5-9(10(16)17)14-6-11-12-13-14/h1-4,6,9,15H,5H2,(H,16,17). The van der Waals surface area contributed by atoms with Crippen LogP contribution in [0, 0.1) is 0 Å². The maximum absolute atomic E-state index is 11.1. The highest BCUT2D eigenvalue weighted by Crippen LogP contribution is 2.16. The molecular weight excluding hydrogens is 224 g/mol. The van der Waals surface area contributed by atoms with E-state index in [1.165, 1.54) is 23.1 Å². The molecule has 1 atom stereocenters. The lowest BCUT2D eigenvalue weighted by atomic mass is 10.1. The van der Waals surface area contributed by atoms with Crippen molar-refractivity contribution in [2.45, 2.75) is 12.5 Å². The van der Waals surface area contributed by atoms with Crippen LogP contribution in [0.4, 0.5) is 0 Å². The summed E-state index contributed by atoms with van der Waals surface area (Å²) in [4.78, 5) is 11.1. The predicted molar refractivity (Wildman–Crippen MR) is 56.3 cm³/mol. The van der Waals surface area contributed by atoms with Gasteiger partial charge in [-0.05, 0) is 28.1 Å². The molecule has 0 fully saturated rings. The number of aromatic nitrogens is 4. The molecule has 17 heavy (non-hydrogen) atoms. The highest BCUT2D eigenvalue weighted by molar-refractivity contribution is 5.72. The van der Waals surface area contributed by atoms with E-state index >= 15 is 0 Å². The fourth-order valence-electron chi connectivity index (χ4n) is 1.46. The first kappa shape index (κ1) is 11.1. The van der Waals surface area contributed by atoms with Gasteiger partial charge >= 0.3 is 5.97 Å². The molecule has 1 aromatic heterocycles. The minimum Gasteiger partial charge on any atom is -0.508 e. The van der Waals surface area contributed by atoms with Gasteiger partial charge in [0, 0.05) is 6.42 Å². The van der Waals surface area contributed by atoms with Crippen molar-refractivity contribution in [3.63, 3.8) is 0 Å². The lowest BCUT2D eigenvalue weighted by Gasteiger charge is -2.11. The molecule has 1 aromatic carbocycles. The first-order chi connectivity index (χ1) is 8.16. The molecule has 1 unspecified atom stereocenters. The molecule has 0 saturated carbocycles. The van der Waals surface area contributed by atoms with E-state index < -0.39 is 12.0 Å². The third-order valence-corrected chi connectivity index (χ3v) is 2.33. The molecule has 0 aliphatic heterocycles. The zero-order valence-corrected chi connectivity index (χ0v) is 8.76. The lowest BCUT2D eigenvalue weighted by molar-refractivity contribution is -0.141. The van der Waals surface area contributed by atoms with Crippen molar-refractivity contribution in [3.05, 3.63) is 36.2 Å². The van der Waals surface area contributed by atoms with Gasteiger partial charge in [-0.1, -0.05) is 12.1 Å². The van der Waals surface area contributed by atoms with Crippen molar-refractivity contribution < 1.29 is 15.0 Å². The van der Waals surface area contributed by atoms with Crippen LogP contribution in [-0.4, -0.2) is 36.4 Å². The highest BCUT2D eigenvalue weighted by Gasteiger charge is 2.21. The Morgan fingerprint density at radius 3 is 2.59 bits per heavy atom. The number of carboxylic acids is 1. The number of carbonyl (C=O) groups is 1. The number of nitrogens with zero attached hydrogens (tertiary/aromatic N) is 4. The van der Waals surface area contributed by atoms with E-state index in [1.54, 1.807) is 12.1 Å². The predicted octanol–water partition coefficient (Wildman–Crippen LogP) is 0.247. The van der Waals surface area contributed by atoms with Crippen LogP contribution in [-0.2, 0) is 11.2 Å². The van der Waals surface area contributed by atoms with Gasteiger partial charge in [0.15, 0.2) is 6.04 Å². The second kappa shape index (κ2) is 4.60. The van der Waals surface area contributed by atoms with E-state index in [0.717, 1.165) is 5.56 Å². The number of hydrogen-bond acceptors (Lipinski definition) is 5. The first-order valence-electron chi connectivity index (χ1n) is 4.90. The first-order valence-corrected chi connectivity index (χ1v) is 4.90. The van der Waals surface area contributed by atoms with Gasteiger partial charge in [-0.15, -0.1) is 5.10 Å². The fourth-order valence-corrected chi connectivity index (χ4v) is 1.46. The molecule has 0 aliphatic rings. The lowest BCUT2D eigenvalue weighted by Crippen LogP contribution is -2.22. The quantitative estimate of drug-likeness (QED) is 0.786. The van der Waals surface area contributed by atoms with Crippen LogP contribution in [0.3, 0.4) is 0 Å². The van der Waals surface area contributed by atoms with Crippen molar-refractivity contribution in [2.24, 2.45) is 0 Å². The Hall–Kier alpha value is -2.44. The van der Waals surface area contributed by atoms with Crippen LogP contribution in [0.15, 0.2) is 30.6 Å². The molecule has 2 rings (SSSR count). The number of aliphatic carboxylic acids is 1. The molecule has 0 amide bonds. The number of rotatable bonds is 4. The summed E-state index contributed by atoms with van der Waals surface area (Å²) in [5.41, 5.74) is 0.783. The van der Waals surface area contributed by atoms with Gasteiger partial charge in [0.05, 0.1) is 0 Å². The minimum atomic E-state index is -1.01. The van der Waals surface area contributed by atoms with E-state index in [-0.39, 0.29) is 12.2 Å². The maximum Gasteiger partial charge on any atom is 0.328 e. The average molecular weight is 234 g/mol. The summed E-state index contributed by atoms with van der Waals surface area (Å²) in [5.74, 6) is -0.867.